The molecule has 2 aromatic rings. The molecular weight excluding hydrogens is 400 g/mol. The second kappa shape index (κ2) is 6.28. The predicted octanol–water partition coefficient (Wildman–Crippen LogP) is 5.09. The molecule has 1 fully saturated rings. The third-order valence-corrected chi connectivity index (χ3v) is 7.29. The van der Waals surface area contributed by atoms with Crippen LogP contribution in [-0.2, 0) is 0 Å². The molecule has 1 aromatic carbocycles. The summed E-state index contributed by atoms with van der Waals surface area (Å²) in [6, 6.07) is 10.9. The number of halogens is 2. The average molecular weight is 416 g/mol. The summed E-state index contributed by atoms with van der Waals surface area (Å²) in [5, 5.41) is 0. The van der Waals surface area contributed by atoms with E-state index >= 15 is 0 Å². The second-order valence-corrected chi connectivity index (χ2v) is 8.38. The minimum Gasteiger partial charge on any atom is -0.271 e. The largest absolute Gasteiger partial charge is 0.271 e. The van der Waals surface area contributed by atoms with Crippen molar-refractivity contribution in [1.82, 2.24) is 5.43 Å². The molecule has 2 nitrogen and oxygen atoms in total. The molecule has 0 bridgehead atoms. The van der Waals surface area contributed by atoms with Gasteiger partial charge in [0.1, 0.15) is 0 Å². The van der Waals surface area contributed by atoms with E-state index in [1.807, 2.05) is 0 Å². The van der Waals surface area contributed by atoms with Gasteiger partial charge in [-0.25, -0.2) is 5.43 Å². The predicted molar refractivity (Wildman–Crippen MR) is 91.9 cm³/mol. The lowest BCUT2D eigenvalue weighted by Gasteiger charge is -2.30. The lowest BCUT2D eigenvalue weighted by molar-refractivity contribution is 0.414. The first-order valence-corrected chi connectivity index (χ1v) is 9.10. The summed E-state index contributed by atoms with van der Waals surface area (Å²) in [4.78, 5) is 1.22. The fourth-order valence-electron chi connectivity index (χ4n) is 2.70. The summed E-state index contributed by atoms with van der Waals surface area (Å²) in [7, 11) is 0. The minimum atomic E-state index is 0.0550. The van der Waals surface area contributed by atoms with Gasteiger partial charge in [0.05, 0.1) is 9.83 Å². The van der Waals surface area contributed by atoms with Crippen LogP contribution in [0.5, 0.6) is 0 Å². The maximum absolute atomic E-state index is 5.85. The molecule has 1 aliphatic carbocycles. The molecule has 106 valence electrons. The highest BCUT2D eigenvalue weighted by atomic mass is 79.9. The molecule has 3 N–H and O–H groups in total. The summed E-state index contributed by atoms with van der Waals surface area (Å²) in [5.41, 5.74) is 5.74. The summed E-state index contributed by atoms with van der Waals surface area (Å²) < 4.78 is 2.19. The van der Waals surface area contributed by atoms with E-state index in [0.717, 1.165) is 8.26 Å². The van der Waals surface area contributed by atoms with Gasteiger partial charge < -0.3 is 0 Å². The third-order valence-electron chi connectivity index (χ3n) is 3.97. The summed E-state index contributed by atoms with van der Waals surface area (Å²) in [5.74, 6) is 6.55. The molecule has 1 aliphatic rings. The molecule has 0 radical (unpaired) electrons. The second-order valence-electron chi connectivity index (χ2n) is 5.13. The summed E-state index contributed by atoms with van der Waals surface area (Å²) >= 11 is 8.83. The number of thiophene rings is 1. The van der Waals surface area contributed by atoms with Crippen LogP contribution in [0.3, 0.4) is 0 Å². The Balaban J connectivity index is 2.00. The molecule has 1 aromatic heterocycles. The topological polar surface area (TPSA) is 38.0 Å². The molecule has 1 unspecified atom stereocenters. The van der Waals surface area contributed by atoms with E-state index in [2.05, 4.69) is 67.6 Å². The highest BCUT2D eigenvalue weighted by molar-refractivity contribution is 9.13. The minimum absolute atomic E-state index is 0.0550. The van der Waals surface area contributed by atoms with Gasteiger partial charge in [0.2, 0.25) is 0 Å². The van der Waals surface area contributed by atoms with Crippen LogP contribution in [0.25, 0.3) is 0 Å². The van der Waals surface area contributed by atoms with Crippen molar-refractivity contribution in [2.24, 2.45) is 5.84 Å². The first-order valence-electron chi connectivity index (χ1n) is 6.70. The van der Waals surface area contributed by atoms with E-state index in [-0.39, 0.29) is 6.04 Å². The third kappa shape index (κ3) is 2.74. The Morgan fingerprint density at radius 2 is 2.00 bits per heavy atom. The van der Waals surface area contributed by atoms with E-state index < -0.39 is 0 Å². The van der Waals surface area contributed by atoms with Crippen molar-refractivity contribution < 1.29 is 0 Å². The van der Waals surface area contributed by atoms with Gasteiger partial charge in [-0.2, -0.15) is 0 Å². The summed E-state index contributed by atoms with van der Waals surface area (Å²) in [6.07, 6.45) is 3.94. The average Bonchev–Trinajstić information content (AvgIpc) is 2.70. The van der Waals surface area contributed by atoms with Crippen molar-refractivity contribution in [2.75, 3.05) is 0 Å². The standard InChI is InChI=1S/C15H16Br2N2S/c16-12-8-13(20-15(12)17)14(19-18)11-7-2-1-6-10(11)9-4-3-5-9/h1-2,6-9,14,19H,3-5,18H2. The van der Waals surface area contributed by atoms with Gasteiger partial charge in [0, 0.05) is 9.35 Å². The molecule has 0 saturated heterocycles. The maximum atomic E-state index is 5.85. The Morgan fingerprint density at radius 3 is 2.55 bits per heavy atom. The van der Waals surface area contributed by atoms with Crippen molar-refractivity contribution in [3.63, 3.8) is 0 Å². The van der Waals surface area contributed by atoms with Crippen molar-refractivity contribution in [1.29, 1.82) is 0 Å². The number of nitrogens with one attached hydrogen (secondary N) is 1. The zero-order valence-electron chi connectivity index (χ0n) is 10.9. The number of hydrogen-bond acceptors (Lipinski definition) is 3. The molecular formula is C15H16Br2N2S. The fourth-order valence-corrected chi connectivity index (χ4v) is 4.86. The lowest BCUT2D eigenvalue weighted by atomic mass is 9.77. The van der Waals surface area contributed by atoms with Gasteiger partial charge in [0.15, 0.2) is 0 Å². The molecule has 0 amide bonds. The van der Waals surface area contributed by atoms with Gasteiger partial charge in [-0.05, 0) is 67.8 Å². The first kappa shape index (κ1) is 14.7. The van der Waals surface area contributed by atoms with Crippen LogP contribution < -0.4 is 11.3 Å². The van der Waals surface area contributed by atoms with Crippen molar-refractivity contribution >= 4 is 43.2 Å². The lowest BCUT2D eigenvalue weighted by Crippen LogP contribution is -2.29. The molecule has 5 heteroatoms. The van der Waals surface area contributed by atoms with Gasteiger partial charge in [-0.3, -0.25) is 5.84 Å². The Hall–Kier alpha value is -0.200. The molecule has 0 aliphatic heterocycles. The van der Waals surface area contributed by atoms with Crippen LogP contribution in [0, 0.1) is 0 Å². The zero-order chi connectivity index (χ0) is 14.1. The first-order chi connectivity index (χ1) is 9.70. The van der Waals surface area contributed by atoms with Crippen LogP contribution in [0.2, 0.25) is 0 Å². The Bertz CT molecular complexity index is 588. The van der Waals surface area contributed by atoms with E-state index in [1.54, 1.807) is 11.3 Å². The van der Waals surface area contributed by atoms with Crippen molar-refractivity contribution in [3.8, 4) is 0 Å². The monoisotopic (exact) mass is 414 g/mol. The van der Waals surface area contributed by atoms with Crippen LogP contribution in [0.15, 0.2) is 38.6 Å². The smallest absolute Gasteiger partial charge is 0.0843 e. The number of rotatable bonds is 4. The Kier molecular flexibility index (Phi) is 4.62. The highest BCUT2D eigenvalue weighted by Crippen LogP contribution is 2.43. The summed E-state index contributed by atoms with van der Waals surface area (Å²) in [6.45, 7) is 0. The van der Waals surface area contributed by atoms with Gasteiger partial charge in [-0.1, -0.05) is 30.7 Å². The molecule has 20 heavy (non-hydrogen) atoms. The number of nitrogens with two attached hydrogens (primary N) is 1. The fraction of sp³-hybridized carbons (Fsp3) is 0.333. The van der Waals surface area contributed by atoms with E-state index in [4.69, 9.17) is 5.84 Å². The molecule has 3 rings (SSSR count). The normalized spacial score (nSPS) is 16.9. The van der Waals surface area contributed by atoms with Crippen LogP contribution in [-0.4, -0.2) is 0 Å². The maximum Gasteiger partial charge on any atom is 0.0843 e. The zero-order valence-corrected chi connectivity index (χ0v) is 14.9. The van der Waals surface area contributed by atoms with E-state index in [9.17, 15) is 0 Å². The van der Waals surface area contributed by atoms with Crippen LogP contribution >= 0.6 is 43.2 Å². The number of hydrogen-bond donors (Lipinski definition) is 2. The molecule has 1 heterocycles. The molecule has 1 atom stereocenters. The van der Waals surface area contributed by atoms with Crippen molar-refractivity contribution in [2.45, 2.75) is 31.2 Å². The molecule has 1 saturated carbocycles. The Morgan fingerprint density at radius 1 is 1.25 bits per heavy atom. The SMILES string of the molecule is NNC(c1cc(Br)c(Br)s1)c1ccccc1C1CCC1. The van der Waals surface area contributed by atoms with Gasteiger partial charge in [0.25, 0.3) is 0 Å². The Labute approximate surface area is 140 Å². The van der Waals surface area contributed by atoms with Crippen LogP contribution in [0.1, 0.15) is 47.2 Å². The quantitative estimate of drug-likeness (QED) is 0.538. The number of benzene rings is 1. The van der Waals surface area contributed by atoms with Gasteiger partial charge in [-0.15, -0.1) is 11.3 Å². The van der Waals surface area contributed by atoms with Crippen molar-refractivity contribution in [3.05, 3.63) is 54.6 Å². The van der Waals surface area contributed by atoms with E-state index in [0.29, 0.717) is 5.92 Å². The van der Waals surface area contributed by atoms with Gasteiger partial charge >= 0.3 is 0 Å². The van der Waals surface area contributed by atoms with Crippen LogP contribution in [0.4, 0.5) is 0 Å². The number of hydrazine groups is 1. The molecule has 0 spiro atoms. The highest BCUT2D eigenvalue weighted by Gasteiger charge is 2.26. The van der Waals surface area contributed by atoms with E-state index in [1.165, 1.54) is 35.3 Å².